The summed E-state index contributed by atoms with van der Waals surface area (Å²) < 4.78 is 5.26. The molecule has 0 radical (unpaired) electrons. The van der Waals surface area contributed by atoms with Crippen LogP contribution in [-0.4, -0.2) is 41.3 Å². The summed E-state index contributed by atoms with van der Waals surface area (Å²) in [5, 5.41) is 9.71. The average molecular weight is 390 g/mol. The molecule has 2 aromatic carbocycles. The number of rotatable bonds is 8. The molecule has 0 spiro atoms. The van der Waals surface area contributed by atoms with Gasteiger partial charge in [0.2, 0.25) is 5.91 Å². The smallest absolute Gasteiger partial charge is 0.323 e. The number of halogens is 1. The van der Waals surface area contributed by atoms with Crippen molar-refractivity contribution in [2.45, 2.75) is 19.9 Å². The first-order valence-electron chi connectivity index (χ1n) is 8.22. The number of carboxylic acid groups (broad SMARTS) is 1. The van der Waals surface area contributed by atoms with Crippen molar-refractivity contribution >= 4 is 29.3 Å². The Morgan fingerprint density at radius 3 is 2.33 bits per heavy atom. The molecule has 142 valence electrons. The first-order valence-corrected chi connectivity index (χ1v) is 8.59. The summed E-state index contributed by atoms with van der Waals surface area (Å²) in [6.45, 7) is 1.14. The molecule has 7 heteroatoms. The van der Waals surface area contributed by atoms with Crippen LogP contribution in [0.15, 0.2) is 42.5 Å². The molecule has 6 nitrogen and oxygen atoms in total. The van der Waals surface area contributed by atoms with E-state index in [1.54, 1.807) is 42.5 Å². The Kier molecular flexibility index (Phi) is 6.96. The number of hydrogen-bond acceptors (Lipinski definition) is 4. The number of carbonyl (C=O) groups excluding carboxylic acids is 2. The van der Waals surface area contributed by atoms with Gasteiger partial charge < -0.3 is 14.7 Å². The van der Waals surface area contributed by atoms with Gasteiger partial charge in [0.15, 0.2) is 5.78 Å². The highest BCUT2D eigenvalue weighted by atomic mass is 35.5. The van der Waals surface area contributed by atoms with Gasteiger partial charge in [0.1, 0.15) is 12.3 Å². The lowest BCUT2D eigenvalue weighted by atomic mass is 10.0. The third kappa shape index (κ3) is 5.82. The number of Topliss-reactive ketones (excluding diaryl/α,β-unsaturated/α-hetero) is 1. The largest absolute Gasteiger partial charge is 0.496 e. The molecule has 0 saturated heterocycles. The zero-order chi connectivity index (χ0) is 20.0. The number of amides is 1. The molecule has 0 fully saturated rings. The maximum atomic E-state index is 12.8. The molecular weight excluding hydrogens is 370 g/mol. The van der Waals surface area contributed by atoms with Gasteiger partial charge in [0, 0.05) is 22.7 Å². The predicted octanol–water partition coefficient (Wildman–Crippen LogP) is 3.21. The number of benzene rings is 2. The fraction of sp³-hybridized carbons (Fsp3) is 0.250. The van der Waals surface area contributed by atoms with Gasteiger partial charge in [-0.25, -0.2) is 0 Å². The Hall–Kier alpha value is -2.86. The minimum Gasteiger partial charge on any atom is -0.496 e. The van der Waals surface area contributed by atoms with Crippen LogP contribution in [0.25, 0.3) is 0 Å². The molecule has 2 aromatic rings. The van der Waals surface area contributed by atoms with Crippen LogP contribution in [0.4, 0.5) is 0 Å². The van der Waals surface area contributed by atoms with Crippen LogP contribution in [0, 0.1) is 0 Å². The highest BCUT2D eigenvalue weighted by Crippen LogP contribution is 2.22. The number of methoxy groups -OCH3 is 1. The molecule has 0 bridgehead atoms. The molecule has 27 heavy (non-hydrogen) atoms. The number of nitrogens with zero attached hydrogens (tertiary/aromatic N) is 1. The van der Waals surface area contributed by atoms with E-state index in [1.807, 2.05) is 0 Å². The summed E-state index contributed by atoms with van der Waals surface area (Å²) in [6.07, 6.45) is -0.0782. The molecule has 0 aromatic heterocycles. The van der Waals surface area contributed by atoms with E-state index < -0.39 is 12.5 Å². The van der Waals surface area contributed by atoms with Crippen molar-refractivity contribution in [3.63, 3.8) is 0 Å². The first-order chi connectivity index (χ1) is 12.8. The van der Waals surface area contributed by atoms with Gasteiger partial charge in [-0.1, -0.05) is 23.7 Å². The summed E-state index contributed by atoms with van der Waals surface area (Å²) in [4.78, 5) is 36.8. The summed E-state index contributed by atoms with van der Waals surface area (Å²) in [5.74, 6) is -1.15. The summed E-state index contributed by atoms with van der Waals surface area (Å²) in [7, 11) is 1.47. The number of hydrogen-bond donors (Lipinski definition) is 1. The Morgan fingerprint density at radius 1 is 1.11 bits per heavy atom. The van der Waals surface area contributed by atoms with Gasteiger partial charge in [0.25, 0.3) is 0 Å². The van der Waals surface area contributed by atoms with Crippen LogP contribution in [0.2, 0.25) is 5.02 Å². The number of ketones is 1. The van der Waals surface area contributed by atoms with Crippen LogP contribution < -0.4 is 4.74 Å². The average Bonchev–Trinajstić information content (AvgIpc) is 2.62. The Bertz CT molecular complexity index is 848. The van der Waals surface area contributed by atoms with Crippen LogP contribution in [0.5, 0.6) is 5.75 Å². The van der Waals surface area contributed by atoms with Gasteiger partial charge in [-0.15, -0.1) is 0 Å². The monoisotopic (exact) mass is 389 g/mol. The molecule has 2 rings (SSSR count). The summed E-state index contributed by atoms with van der Waals surface area (Å²) in [5.41, 5.74) is 1.75. The fourth-order valence-electron chi connectivity index (χ4n) is 2.62. The predicted molar refractivity (Wildman–Crippen MR) is 101 cm³/mol. The van der Waals surface area contributed by atoms with Crippen molar-refractivity contribution in [2.75, 3.05) is 13.7 Å². The lowest BCUT2D eigenvalue weighted by Gasteiger charge is -2.21. The van der Waals surface area contributed by atoms with E-state index in [0.29, 0.717) is 21.9 Å². The van der Waals surface area contributed by atoms with Crippen LogP contribution >= 0.6 is 11.6 Å². The zero-order valence-electron chi connectivity index (χ0n) is 15.1. The van der Waals surface area contributed by atoms with Crippen molar-refractivity contribution in [1.29, 1.82) is 0 Å². The lowest BCUT2D eigenvalue weighted by Crippen LogP contribution is -2.36. The quantitative estimate of drug-likeness (QED) is 0.701. The van der Waals surface area contributed by atoms with Gasteiger partial charge in [-0.05, 0) is 42.8 Å². The molecule has 0 atom stereocenters. The zero-order valence-corrected chi connectivity index (χ0v) is 15.8. The minimum absolute atomic E-state index is 0.0782. The van der Waals surface area contributed by atoms with Gasteiger partial charge in [-0.3, -0.25) is 14.4 Å². The van der Waals surface area contributed by atoms with Crippen molar-refractivity contribution in [1.82, 2.24) is 4.90 Å². The molecule has 1 amide bonds. The normalized spacial score (nSPS) is 10.3. The fourth-order valence-corrected chi connectivity index (χ4v) is 2.74. The third-order valence-electron chi connectivity index (χ3n) is 3.99. The number of ether oxygens (including phenoxy) is 1. The second-order valence-corrected chi connectivity index (χ2v) is 6.47. The van der Waals surface area contributed by atoms with Gasteiger partial charge >= 0.3 is 5.97 Å². The van der Waals surface area contributed by atoms with E-state index in [2.05, 4.69) is 0 Å². The summed E-state index contributed by atoms with van der Waals surface area (Å²) in [6, 6.07) is 11.7. The van der Waals surface area contributed by atoms with Gasteiger partial charge in [-0.2, -0.15) is 0 Å². The second-order valence-electron chi connectivity index (χ2n) is 6.03. The van der Waals surface area contributed by atoms with Crippen molar-refractivity contribution in [2.24, 2.45) is 0 Å². The molecule has 0 heterocycles. The topological polar surface area (TPSA) is 83.9 Å². The number of carboxylic acids is 1. The molecule has 0 unspecified atom stereocenters. The molecule has 0 aliphatic heterocycles. The van der Waals surface area contributed by atoms with E-state index in [-0.39, 0.29) is 24.7 Å². The van der Waals surface area contributed by atoms with Crippen LogP contribution in [0.1, 0.15) is 28.4 Å². The Labute approximate surface area is 162 Å². The third-order valence-corrected chi connectivity index (χ3v) is 4.25. The number of aliphatic carboxylic acids is 1. The Morgan fingerprint density at radius 2 is 1.78 bits per heavy atom. The molecule has 1 N–H and O–H groups in total. The minimum atomic E-state index is -1.11. The number of carbonyl (C=O) groups is 3. The molecule has 0 aliphatic rings. The molecule has 0 saturated carbocycles. The summed E-state index contributed by atoms with van der Waals surface area (Å²) >= 11 is 5.86. The maximum absolute atomic E-state index is 12.8. The van der Waals surface area contributed by atoms with Crippen LogP contribution in [-0.2, 0) is 22.6 Å². The van der Waals surface area contributed by atoms with Crippen molar-refractivity contribution in [3.8, 4) is 5.75 Å². The Balaban J connectivity index is 2.24. The SMILES string of the molecule is COc1ccc(C(C)=O)cc1CC(=O)N(CC(=O)O)Cc1ccc(Cl)cc1. The van der Waals surface area contributed by atoms with E-state index >= 15 is 0 Å². The van der Waals surface area contributed by atoms with Gasteiger partial charge in [0.05, 0.1) is 13.5 Å². The van der Waals surface area contributed by atoms with E-state index in [1.165, 1.54) is 18.9 Å². The van der Waals surface area contributed by atoms with E-state index in [9.17, 15) is 14.4 Å². The maximum Gasteiger partial charge on any atom is 0.323 e. The van der Waals surface area contributed by atoms with Crippen molar-refractivity contribution < 1.29 is 24.2 Å². The highest BCUT2D eigenvalue weighted by molar-refractivity contribution is 6.30. The molecular formula is C20H20ClNO5. The van der Waals surface area contributed by atoms with E-state index in [4.69, 9.17) is 21.4 Å². The standard InChI is InChI=1S/C20H20ClNO5/c1-13(23)15-5-8-18(27-2)16(9-15)10-19(24)22(12-20(25)26)11-14-3-6-17(21)7-4-14/h3-9H,10-12H2,1-2H3,(H,25,26). The van der Waals surface area contributed by atoms with Crippen molar-refractivity contribution in [3.05, 3.63) is 64.2 Å². The lowest BCUT2D eigenvalue weighted by molar-refractivity contribution is -0.144. The van der Waals surface area contributed by atoms with Crippen LogP contribution in [0.3, 0.4) is 0 Å². The highest BCUT2D eigenvalue weighted by Gasteiger charge is 2.20. The molecule has 0 aliphatic carbocycles. The second kappa shape index (κ2) is 9.19. The van der Waals surface area contributed by atoms with E-state index in [0.717, 1.165) is 5.56 Å². The first kappa shape index (κ1) is 20.5.